The van der Waals surface area contributed by atoms with Crippen LogP contribution in [0.4, 0.5) is 4.79 Å². The van der Waals surface area contributed by atoms with E-state index in [-0.39, 0.29) is 12.1 Å². The molecule has 0 radical (unpaired) electrons. The number of hydrogen-bond acceptors (Lipinski definition) is 4. The predicted octanol–water partition coefficient (Wildman–Crippen LogP) is 2.94. The summed E-state index contributed by atoms with van der Waals surface area (Å²) in [5.74, 6) is -0.0122. The van der Waals surface area contributed by atoms with Crippen LogP contribution in [-0.4, -0.2) is 42.6 Å². The minimum Gasteiger partial charge on any atom is -0.445 e. The number of carbonyl (C=O) groups is 1. The van der Waals surface area contributed by atoms with Crippen molar-refractivity contribution in [1.82, 2.24) is 4.90 Å². The van der Waals surface area contributed by atoms with Crippen molar-refractivity contribution in [2.45, 2.75) is 44.1 Å². The van der Waals surface area contributed by atoms with Gasteiger partial charge in [-0.05, 0) is 30.7 Å². The average Bonchev–Trinajstić information content (AvgIpc) is 2.86. The van der Waals surface area contributed by atoms with Crippen LogP contribution in [-0.2, 0) is 20.8 Å². The molecule has 5 rings (SSSR count). The number of carbonyl (C=O) groups excluding carboxylic acids is 1. The Kier molecular flexibility index (Phi) is 3.99. The van der Waals surface area contributed by atoms with Gasteiger partial charge in [-0.25, -0.2) is 4.79 Å². The fourth-order valence-corrected chi connectivity index (χ4v) is 4.17. The zero-order valence-electron chi connectivity index (χ0n) is 13.3. The van der Waals surface area contributed by atoms with Crippen molar-refractivity contribution in [3.8, 4) is 0 Å². The number of fused-ring (bicyclic) bond motifs is 3. The molecule has 3 saturated heterocycles. The third-order valence-corrected chi connectivity index (χ3v) is 5.30. The zero-order valence-corrected chi connectivity index (χ0v) is 13.3. The van der Waals surface area contributed by atoms with E-state index in [0.717, 1.165) is 37.8 Å². The normalized spacial score (nSPS) is 28.8. The number of ether oxygens (including phenoxy) is 3. The molecule has 0 aromatic heterocycles. The Morgan fingerprint density at radius 1 is 1.17 bits per heavy atom. The van der Waals surface area contributed by atoms with Crippen LogP contribution in [0.1, 0.15) is 31.2 Å². The van der Waals surface area contributed by atoms with Crippen LogP contribution >= 0.6 is 0 Å². The van der Waals surface area contributed by atoms with E-state index in [1.165, 1.54) is 0 Å². The lowest BCUT2D eigenvalue weighted by Gasteiger charge is -2.43. The van der Waals surface area contributed by atoms with Crippen LogP contribution in [0.2, 0.25) is 0 Å². The first-order valence-corrected chi connectivity index (χ1v) is 8.52. The zero-order chi connectivity index (χ0) is 15.7. The van der Waals surface area contributed by atoms with Crippen LogP contribution in [0.25, 0.3) is 0 Å². The number of rotatable bonds is 2. The third kappa shape index (κ3) is 2.83. The number of amides is 1. The number of nitrogens with zero attached hydrogens (tertiary/aromatic N) is 1. The van der Waals surface area contributed by atoms with Crippen molar-refractivity contribution in [3.63, 3.8) is 0 Å². The minimum atomic E-state index is -0.592. The molecule has 5 heteroatoms. The molecule has 23 heavy (non-hydrogen) atoms. The van der Waals surface area contributed by atoms with Gasteiger partial charge in [0.25, 0.3) is 0 Å². The van der Waals surface area contributed by atoms with Crippen molar-refractivity contribution < 1.29 is 19.0 Å². The molecule has 0 unspecified atom stereocenters. The number of hydrogen-bond donors (Lipinski definition) is 0. The first kappa shape index (κ1) is 15.0. The van der Waals surface area contributed by atoms with E-state index in [2.05, 4.69) is 0 Å². The van der Waals surface area contributed by atoms with Gasteiger partial charge in [0.1, 0.15) is 6.61 Å². The van der Waals surface area contributed by atoms with Gasteiger partial charge in [0.15, 0.2) is 5.79 Å². The highest BCUT2D eigenvalue weighted by atomic mass is 16.7. The molecule has 3 heterocycles. The lowest BCUT2D eigenvalue weighted by molar-refractivity contribution is -0.214. The van der Waals surface area contributed by atoms with Crippen molar-refractivity contribution in [1.29, 1.82) is 0 Å². The van der Waals surface area contributed by atoms with E-state index in [0.29, 0.717) is 25.7 Å². The van der Waals surface area contributed by atoms with Crippen molar-refractivity contribution in [2.75, 3.05) is 19.8 Å². The van der Waals surface area contributed by atoms with Crippen LogP contribution < -0.4 is 0 Å². The molecular formula is C18H23NO4. The highest BCUT2D eigenvalue weighted by molar-refractivity contribution is 5.68. The molecule has 4 fully saturated rings. The van der Waals surface area contributed by atoms with Crippen molar-refractivity contribution >= 4 is 6.09 Å². The quantitative estimate of drug-likeness (QED) is 0.841. The summed E-state index contributed by atoms with van der Waals surface area (Å²) in [5, 5.41) is 0. The molecule has 2 atom stereocenters. The average molecular weight is 317 g/mol. The summed E-state index contributed by atoms with van der Waals surface area (Å²) in [6, 6.07) is 9.76. The SMILES string of the molecule is O=C(OCc1ccccc1)N1CC[C@@H]2CC[C@H]1C1(C2)OCCO1. The van der Waals surface area contributed by atoms with Crippen LogP contribution in [0.15, 0.2) is 30.3 Å². The Bertz CT molecular complexity index is 555. The molecule has 1 amide bonds. The van der Waals surface area contributed by atoms with E-state index in [1.807, 2.05) is 35.2 Å². The minimum absolute atomic E-state index is 0.0213. The molecule has 3 aliphatic heterocycles. The first-order valence-electron chi connectivity index (χ1n) is 8.52. The van der Waals surface area contributed by atoms with E-state index >= 15 is 0 Å². The molecule has 1 spiro atoms. The van der Waals surface area contributed by atoms with E-state index in [4.69, 9.17) is 14.2 Å². The summed E-state index contributed by atoms with van der Waals surface area (Å²) in [5.41, 5.74) is 1.00. The Morgan fingerprint density at radius 2 is 1.96 bits per heavy atom. The summed E-state index contributed by atoms with van der Waals surface area (Å²) in [4.78, 5) is 14.5. The molecule has 1 aromatic carbocycles. The van der Waals surface area contributed by atoms with Gasteiger partial charge in [-0.1, -0.05) is 30.3 Å². The summed E-state index contributed by atoms with van der Waals surface area (Å²) < 4.78 is 17.5. The van der Waals surface area contributed by atoms with Gasteiger partial charge in [-0.15, -0.1) is 0 Å². The second-order valence-electron chi connectivity index (χ2n) is 6.69. The molecule has 0 N–H and O–H groups in total. The molecule has 2 bridgehead atoms. The maximum atomic E-state index is 12.6. The monoisotopic (exact) mass is 317 g/mol. The van der Waals surface area contributed by atoms with E-state index in [1.54, 1.807) is 0 Å². The Balaban J connectivity index is 1.47. The summed E-state index contributed by atoms with van der Waals surface area (Å²) in [6.45, 7) is 2.28. The lowest BCUT2D eigenvalue weighted by atomic mass is 9.81. The van der Waals surface area contributed by atoms with Crippen LogP contribution in [0.3, 0.4) is 0 Å². The smallest absolute Gasteiger partial charge is 0.410 e. The van der Waals surface area contributed by atoms with Gasteiger partial charge in [-0.2, -0.15) is 0 Å². The highest BCUT2D eigenvalue weighted by Crippen LogP contribution is 2.45. The Morgan fingerprint density at radius 3 is 2.74 bits per heavy atom. The van der Waals surface area contributed by atoms with Gasteiger partial charge >= 0.3 is 6.09 Å². The summed E-state index contributed by atoms with van der Waals surface area (Å²) in [7, 11) is 0. The fraction of sp³-hybridized carbons (Fsp3) is 0.611. The largest absolute Gasteiger partial charge is 0.445 e. The molecule has 1 aromatic rings. The third-order valence-electron chi connectivity index (χ3n) is 5.30. The van der Waals surface area contributed by atoms with Crippen molar-refractivity contribution in [3.05, 3.63) is 35.9 Å². The topological polar surface area (TPSA) is 48.0 Å². The molecule has 1 aliphatic carbocycles. The molecule has 124 valence electrons. The molecule has 1 saturated carbocycles. The van der Waals surface area contributed by atoms with Gasteiger partial charge < -0.3 is 14.2 Å². The maximum absolute atomic E-state index is 12.6. The summed E-state index contributed by atoms with van der Waals surface area (Å²) in [6.07, 6.45) is 3.73. The molecule has 5 nitrogen and oxygen atoms in total. The molecule has 4 aliphatic rings. The Labute approximate surface area is 136 Å². The standard InChI is InChI=1S/C18H23NO4/c20-17(21-13-15-4-2-1-3-5-15)19-9-8-14-6-7-16(19)18(12-14)22-10-11-23-18/h1-5,14,16H,6-13H2/t14-,16-/m0/s1. The first-order chi connectivity index (χ1) is 11.3. The second-order valence-corrected chi connectivity index (χ2v) is 6.69. The van der Waals surface area contributed by atoms with Gasteiger partial charge in [0.05, 0.1) is 19.3 Å². The van der Waals surface area contributed by atoms with Crippen LogP contribution in [0, 0.1) is 5.92 Å². The molecular weight excluding hydrogens is 294 g/mol. The lowest BCUT2D eigenvalue weighted by Crippen LogP contribution is -2.56. The summed E-state index contributed by atoms with van der Waals surface area (Å²) >= 11 is 0. The highest BCUT2D eigenvalue weighted by Gasteiger charge is 2.54. The Hall–Kier alpha value is -1.59. The van der Waals surface area contributed by atoms with Crippen molar-refractivity contribution in [2.24, 2.45) is 5.92 Å². The van der Waals surface area contributed by atoms with E-state index in [9.17, 15) is 4.79 Å². The fourth-order valence-electron chi connectivity index (χ4n) is 4.17. The van der Waals surface area contributed by atoms with Crippen LogP contribution in [0.5, 0.6) is 0 Å². The van der Waals surface area contributed by atoms with E-state index < -0.39 is 5.79 Å². The second kappa shape index (κ2) is 6.13. The van der Waals surface area contributed by atoms with Gasteiger partial charge in [0, 0.05) is 13.0 Å². The number of benzene rings is 1. The maximum Gasteiger partial charge on any atom is 0.410 e. The predicted molar refractivity (Wildman–Crippen MR) is 83.7 cm³/mol. The van der Waals surface area contributed by atoms with Gasteiger partial charge in [0.2, 0.25) is 0 Å². The van der Waals surface area contributed by atoms with Gasteiger partial charge in [-0.3, -0.25) is 4.90 Å².